The summed E-state index contributed by atoms with van der Waals surface area (Å²) in [6, 6.07) is 4.98. The Balaban J connectivity index is 1.60. The highest BCUT2D eigenvalue weighted by Gasteiger charge is 2.49. The van der Waals surface area contributed by atoms with E-state index in [4.69, 9.17) is 18.0 Å². The van der Waals surface area contributed by atoms with Gasteiger partial charge in [-0.05, 0) is 58.7 Å². The summed E-state index contributed by atoms with van der Waals surface area (Å²) in [7, 11) is 0. The van der Waals surface area contributed by atoms with E-state index in [1.54, 1.807) is 19.1 Å². The highest BCUT2D eigenvalue weighted by atomic mass is 35.5. The molecule has 1 saturated carbocycles. The number of halogens is 6. The molecule has 0 spiro atoms. The van der Waals surface area contributed by atoms with Crippen molar-refractivity contribution >= 4 is 33.9 Å². The molecule has 7 nitrogen and oxygen atoms in total. The average molecular weight is 606 g/mol. The summed E-state index contributed by atoms with van der Waals surface area (Å²) < 4.78 is 70.6. The van der Waals surface area contributed by atoms with E-state index in [2.05, 4.69) is 37.5 Å². The van der Waals surface area contributed by atoms with Crippen LogP contribution in [0, 0.1) is 30.6 Å². The number of alkyl halides is 3. The van der Waals surface area contributed by atoms with Crippen molar-refractivity contribution in [2.75, 3.05) is 17.2 Å². The molecule has 0 unspecified atom stereocenters. The van der Waals surface area contributed by atoms with Crippen LogP contribution >= 0.6 is 11.6 Å². The summed E-state index contributed by atoms with van der Waals surface area (Å²) in [4.78, 5) is 8.24. The highest BCUT2D eigenvalue weighted by Crippen LogP contribution is 2.45. The van der Waals surface area contributed by atoms with Crippen molar-refractivity contribution in [3.05, 3.63) is 69.9 Å². The van der Waals surface area contributed by atoms with E-state index < -0.39 is 41.6 Å². The summed E-state index contributed by atoms with van der Waals surface area (Å²) in [5.74, 6) is 1.23. The fraction of sp³-hybridized carbons (Fsp3) is 0.379. The second-order valence-electron chi connectivity index (χ2n) is 11.4. The van der Waals surface area contributed by atoms with E-state index in [0.717, 1.165) is 26.7 Å². The van der Waals surface area contributed by atoms with Gasteiger partial charge in [0.2, 0.25) is 11.9 Å². The fourth-order valence-electron chi connectivity index (χ4n) is 4.68. The molecule has 13 heteroatoms. The van der Waals surface area contributed by atoms with Crippen molar-refractivity contribution in [3.8, 4) is 12.3 Å². The topological polar surface area (TPSA) is 77.1 Å². The number of benzene rings is 1. The molecule has 1 fully saturated rings. The van der Waals surface area contributed by atoms with E-state index in [9.17, 15) is 17.6 Å². The lowest BCUT2D eigenvalue weighted by Crippen LogP contribution is -2.44. The molecular weight excluding hydrogens is 577 g/mol. The number of aryl methyl sites for hydroxylation is 1. The third-order valence-corrected chi connectivity index (χ3v) is 8.08. The lowest BCUT2D eigenvalue weighted by molar-refractivity contribution is -0.206. The van der Waals surface area contributed by atoms with Crippen LogP contribution in [-0.2, 0) is 0 Å². The first-order valence-corrected chi connectivity index (χ1v) is 13.5. The number of pyridine rings is 2. The summed E-state index contributed by atoms with van der Waals surface area (Å²) in [6.07, 6.45) is 4.16. The standard InChI is InChI=1S/C29H29ClF5N7/c1-6-16-13-36-23-19(22(16)37-14-27(3,4)29(33,34)35)11-17(12-20(23)30)39-24(18-7-8-21(31)38-15(18)2)25-26(32)42(41-40-25)28(5)9-10-28/h1,7-8,11-13,24,39-41H,9-10,14H2,2-5H3,(H,36,37)/t24-/m0/s1. The molecule has 222 valence electrons. The van der Waals surface area contributed by atoms with Crippen LogP contribution in [0.25, 0.3) is 10.9 Å². The van der Waals surface area contributed by atoms with Crippen LogP contribution in [0.2, 0.25) is 5.02 Å². The van der Waals surface area contributed by atoms with Crippen LogP contribution in [0.15, 0.2) is 42.1 Å². The fourth-order valence-corrected chi connectivity index (χ4v) is 4.94. The van der Waals surface area contributed by atoms with Gasteiger partial charge in [-0.15, -0.1) is 12.0 Å². The molecule has 0 bridgehead atoms. The summed E-state index contributed by atoms with van der Waals surface area (Å²) in [5.41, 5.74) is 5.44. The van der Waals surface area contributed by atoms with Crippen molar-refractivity contribution in [1.82, 2.24) is 25.9 Å². The van der Waals surface area contributed by atoms with Gasteiger partial charge in [-0.3, -0.25) is 9.99 Å². The second kappa shape index (κ2) is 10.5. The lowest BCUT2D eigenvalue weighted by atomic mass is 9.92. The number of nitrogens with zero attached hydrogens (tertiary/aromatic N) is 3. The SMILES string of the molecule is C#Cc1cnc2c(Cl)cc(N[C@H](C3=C(F)N(C4(C)CC4)NN3)c3ccc(F)nc3C)cc2c1NCC(C)(C)C(F)(F)F. The van der Waals surface area contributed by atoms with Crippen molar-refractivity contribution < 1.29 is 22.0 Å². The van der Waals surface area contributed by atoms with Gasteiger partial charge in [0.1, 0.15) is 5.70 Å². The third-order valence-electron chi connectivity index (χ3n) is 7.79. The Kier molecular flexibility index (Phi) is 7.39. The molecule has 2 aliphatic rings. The largest absolute Gasteiger partial charge is 0.395 e. The molecule has 3 heterocycles. The van der Waals surface area contributed by atoms with Gasteiger partial charge in [0.15, 0.2) is 0 Å². The number of fused-ring (bicyclic) bond motifs is 1. The van der Waals surface area contributed by atoms with Gasteiger partial charge >= 0.3 is 6.18 Å². The minimum Gasteiger partial charge on any atom is -0.383 e. The smallest absolute Gasteiger partial charge is 0.383 e. The Morgan fingerprint density at radius 3 is 2.55 bits per heavy atom. The number of anilines is 2. The summed E-state index contributed by atoms with van der Waals surface area (Å²) in [5, 5.41) is 8.09. The quantitative estimate of drug-likeness (QED) is 0.0965. The predicted octanol–water partition coefficient (Wildman–Crippen LogP) is 6.88. The van der Waals surface area contributed by atoms with Gasteiger partial charge in [0, 0.05) is 35.1 Å². The number of rotatable bonds is 8. The molecule has 1 aromatic carbocycles. The Morgan fingerprint density at radius 1 is 1.21 bits per heavy atom. The van der Waals surface area contributed by atoms with Gasteiger partial charge in [-0.25, -0.2) is 4.98 Å². The number of terminal acetylenes is 1. The minimum absolute atomic E-state index is 0.136. The maximum Gasteiger partial charge on any atom is 0.395 e. The zero-order valence-electron chi connectivity index (χ0n) is 23.3. The molecular formula is C29H29ClF5N7. The van der Waals surface area contributed by atoms with E-state index in [1.807, 2.05) is 6.92 Å². The van der Waals surface area contributed by atoms with Gasteiger partial charge in [0.25, 0.3) is 0 Å². The van der Waals surface area contributed by atoms with Crippen molar-refractivity contribution in [2.24, 2.45) is 5.41 Å². The Bertz CT molecular complexity index is 1630. The molecule has 1 aliphatic heterocycles. The van der Waals surface area contributed by atoms with Gasteiger partial charge in [-0.2, -0.15) is 22.0 Å². The van der Waals surface area contributed by atoms with Crippen LogP contribution in [0.3, 0.4) is 0 Å². The summed E-state index contributed by atoms with van der Waals surface area (Å²) in [6.45, 7) is 5.22. The molecule has 0 radical (unpaired) electrons. The molecule has 42 heavy (non-hydrogen) atoms. The van der Waals surface area contributed by atoms with Crippen molar-refractivity contribution in [1.29, 1.82) is 0 Å². The molecule has 3 aromatic rings. The van der Waals surface area contributed by atoms with E-state index in [0.29, 0.717) is 27.8 Å². The lowest BCUT2D eigenvalue weighted by Gasteiger charge is -2.29. The first-order valence-electron chi connectivity index (χ1n) is 13.2. The molecule has 2 aromatic heterocycles. The van der Waals surface area contributed by atoms with E-state index >= 15 is 4.39 Å². The first-order chi connectivity index (χ1) is 19.6. The zero-order chi connectivity index (χ0) is 30.6. The molecule has 0 saturated heterocycles. The monoisotopic (exact) mass is 605 g/mol. The van der Waals surface area contributed by atoms with Crippen molar-refractivity contribution in [3.63, 3.8) is 0 Å². The molecule has 1 atom stereocenters. The number of aromatic nitrogens is 2. The summed E-state index contributed by atoms with van der Waals surface area (Å²) >= 11 is 6.61. The van der Waals surface area contributed by atoms with Gasteiger partial charge in [-0.1, -0.05) is 23.6 Å². The number of hydrogen-bond donors (Lipinski definition) is 4. The molecule has 0 amide bonds. The number of hydrazine groups is 2. The first kappa shape index (κ1) is 29.7. The number of hydrogen-bond acceptors (Lipinski definition) is 7. The van der Waals surface area contributed by atoms with Crippen molar-refractivity contribution in [2.45, 2.75) is 58.3 Å². The molecule has 1 aliphatic carbocycles. The zero-order valence-corrected chi connectivity index (χ0v) is 24.0. The highest BCUT2D eigenvalue weighted by molar-refractivity contribution is 6.35. The molecule has 5 rings (SSSR count). The Hall–Kier alpha value is -3.82. The van der Waals surface area contributed by atoms with Crippen LogP contribution in [0.5, 0.6) is 0 Å². The van der Waals surface area contributed by atoms with E-state index in [1.165, 1.54) is 23.3 Å². The maximum atomic E-state index is 15.8. The van der Waals surface area contributed by atoms with Gasteiger partial charge in [0.05, 0.1) is 38.8 Å². The van der Waals surface area contributed by atoms with Crippen LogP contribution in [0.1, 0.15) is 56.5 Å². The second-order valence-corrected chi connectivity index (χ2v) is 11.8. The Morgan fingerprint density at radius 2 is 1.93 bits per heavy atom. The van der Waals surface area contributed by atoms with Crippen LogP contribution in [0.4, 0.5) is 33.3 Å². The maximum absolute atomic E-state index is 15.8. The number of nitrogens with one attached hydrogen (secondary N) is 4. The van der Waals surface area contributed by atoms with Crippen LogP contribution < -0.4 is 21.6 Å². The minimum atomic E-state index is -4.47. The normalized spacial score (nSPS) is 17.2. The molecule has 4 N–H and O–H groups in total. The Labute approximate surface area is 244 Å². The van der Waals surface area contributed by atoms with E-state index in [-0.39, 0.29) is 22.0 Å². The average Bonchev–Trinajstić information content (AvgIpc) is 3.53. The third kappa shape index (κ3) is 5.39. The van der Waals surface area contributed by atoms with Crippen LogP contribution in [-0.4, -0.2) is 33.2 Å². The van der Waals surface area contributed by atoms with Gasteiger partial charge < -0.3 is 16.1 Å². The predicted molar refractivity (Wildman–Crippen MR) is 152 cm³/mol.